The summed E-state index contributed by atoms with van der Waals surface area (Å²) in [6, 6.07) is 15.8. The normalized spacial score (nSPS) is 17.9. The Labute approximate surface area is 196 Å². The molecular weight excluding hydrogens is 436 g/mol. The van der Waals surface area contributed by atoms with Gasteiger partial charge in [0.2, 0.25) is 0 Å². The molecule has 1 amide bonds. The molecule has 1 aromatic heterocycles. The number of carboxylic acid groups (broad SMARTS) is 1. The van der Waals surface area contributed by atoms with E-state index >= 15 is 0 Å². The van der Waals surface area contributed by atoms with Crippen LogP contribution < -0.4 is 10.2 Å². The Morgan fingerprint density at radius 1 is 1.06 bits per heavy atom. The molecule has 3 aromatic rings. The molecule has 0 spiro atoms. The predicted molar refractivity (Wildman–Crippen MR) is 130 cm³/mol. The highest BCUT2D eigenvalue weighted by Crippen LogP contribution is 2.40. The summed E-state index contributed by atoms with van der Waals surface area (Å²) in [4.78, 5) is 27.4. The number of carboxylic acids is 1. The SMILES string of the molecule is O=C(Nc1scc(C2CCc3ccccc3C2)c1C(=O)O)c1cccc(N2CCOCC2)c1. The molecule has 0 radical (unpaired) electrons. The summed E-state index contributed by atoms with van der Waals surface area (Å²) >= 11 is 1.29. The van der Waals surface area contributed by atoms with Gasteiger partial charge >= 0.3 is 5.97 Å². The zero-order valence-electron chi connectivity index (χ0n) is 18.3. The van der Waals surface area contributed by atoms with Crippen molar-refractivity contribution in [1.82, 2.24) is 0 Å². The van der Waals surface area contributed by atoms with E-state index < -0.39 is 5.97 Å². The quantitative estimate of drug-likeness (QED) is 0.569. The molecule has 1 unspecified atom stereocenters. The highest BCUT2D eigenvalue weighted by atomic mass is 32.1. The molecule has 7 heteroatoms. The zero-order valence-corrected chi connectivity index (χ0v) is 19.1. The Morgan fingerprint density at radius 3 is 2.64 bits per heavy atom. The maximum atomic E-state index is 13.0. The van der Waals surface area contributed by atoms with E-state index in [2.05, 4.69) is 22.3 Å². The van der Waals surface area contributed by atoms with E-state index in [4.69, 9.17) is 4.74 Å². The van der Waals surface area contributed by atoms with Gasteiger partial charge in [0.05, 0.1) is 18.8 Å². The molecule has 2 N–H and O–H groups in total. The van der Waals surface area contributed by atoms with Crippen LogP contribution in [0.3, 0.4) is 0 Å². The van der Waals surface area contributed by atoms with E-state index in [1.165, 1.54) is 22.5 Å². The first-order chi connectivity index (χ1) is 16.1. The fourth-order valence-corrected chi connectivity index (χ4v) is 5.82. The molecule has 5 rings (SSSR count). The lowest BCUT2D eigenvalue weighted by Crippen LogP contribution is -2.36. The lowest BCUT2D eigenvalue weighted by atomic mass is 9.80. The lowest BCUT2D eigenvalue weighted by Gasteiger charge is -2.29. The second-order valence-corrected chi connectivity index (χ2v) is 9.39. The zero-order chi connectivity index (χ0) is 22.8. The van der Waals surface area contributed by atoms with Crippen LogP contribution in [0.4, 0.5) is 10.7 Å². The number of ether oxygens (including phenoxy) is 1. The number of aromatic carboxylic acids is 1. The first-order valence-electron chi connectivity index (χ1n) is 11.3. The molecule has 170 valence electrons. The van der Waals surface area contributed by atoms with Crippen LogP contribution in [0, 0.1) is 0 Å². The van der Waals surface area contributed by atoms with E-state index in [9.17, 15) is 14.7 Å². The summed E-state index contributed by atoms with van der Waals surface area (Å²) in [6.45, 7) is 2.91. The Balaban J connectivity index is 1.37. The largest absolute Gasteiger partial charge is 0.478 e. The number of aryl methyl sites for hydroxylation is 1. The van der Waals surface area contributed by atoms with Crippen molar-refractivity contribution in [3.63, 3.8) is 0 Å². The van der Waals surface area contributed by atoms with E-state index in [0.717, 1.165) is 43.6 Å². The molecule has 1 atom stereocenters. The van der Waals surface area contributed by atoms with Gasteiger partial charge in [0.1, 0.15) is 5.00 Å². The van der Waals surface area contributed by atoms with Gasteiger partial charge in [-0.05, 0) is 65.4 Å². The van der Waals surface area contributed by atoms with Gasteiger partial charge in [-0.1, -0.05) is 30.3 Å². The number of hydrogen-bond acceptors (Lipinski definition) is 5. The number of nitrogens with one attached hydrogen (secondary N) is 1. The van der Waals surface area contributed by atoms with Crippen LogP contribution in [-0.2, 0) is 17.6 Å². The van der Waals surface area contributed by atoms with Crippen molar-refractivity contribution in [2.45, 2.75) is 25.2 Å². The number of carbonyl (C=O) groups excluding carboxylic acids is 1. The third kappa shape index (κ3) is 4.51. The van der Waals surface area contributed by atoms with Crippen LogP contribution in [-0.4, -0.2) is 43.3 Å². The number of thiophene rings is 1. The van der Waals surface area contributed by atoms with Crippen molar-refractivity contribution in [2.75, 3.05) is 36.5 Å². The minimum absolute atomic E-state index is 0.137. The van der Waals surface area contributed by atoms with E-state index in [-0.39, 0.29) is 17.4 Å². The Kier molecular flexibility index (Phi) is 6.15. The standard InChI is InChI=1S/C26H26N2O4S/c29-24(20-6-3-7-21(15-20)28-10-12-32-13-11-28)27-25-23(26(30)31)22(16-33-25)19-9-8-17-4-1-2-5-18(17)14-19/h1-7,15-16,19H,8-14H2,(H,27,29)(H,30,31). The van der Waals surface area contributed by atoms with Crippen molar-refractivity contribution >= 4 is 33.9 Å². The predicted octanol–water partition coefficient (Wildman–Crippen LogP) is 4.81. The molecule has 1 aliphatic heterocycles. The monoisotopic (exact) mass is 462 g/mol. The molecular formula is C26H26N2O4S. The molecule has 1 aliphatic carbocycles. The van der Waals surface area contributed by atoms with Gasteiger partial charge in [-0.2, -0.15) is 0 Å². The maximum absolute atomic E-state index is 13.0. The minimum Gasteiger partial charge on any atom is -0.478 e. The van der Waals surface area contributed by atoms with Crippen molar-refractivity contribution < 1.29 is 19.4 Å². The van der Waals surface area contributed by atoms with Crippen LogP contribution >= 0.6 is 11.3 Å². The van der Waals surface area contributed by atoms with Crippen LogP contribution in [0.1, 0.15) is 49.7 Å². The first kappa shape index (κ1) is 21.7. The highest BCUT2D eigenvalue weighted by molar-refractivity contribution is 7.15. The van der Waals surface area contributed by atoms with Gasteiger partial charge in [0, 0.05) is 24.3 Å². The molecule has 2 aromatic carbocycles. The number of morpholine rings is 1. The molecule has 1 fully saturated rings. The number of nitrogens with zero attached hydrogens (tertiary/aromatic N) is 1. The fourth-order valence-electron chi connectivity index (χ4n) is 4.79. The third-order valence-electron chi connectivity index (χ3n) is 6.53. The average Bonchev–Trinajstić information content (AvgIpc) is 3.28. The van der Waals surface area contributed by atoms with Gasteiger partial charge in [-0.15, -0.1) is 11.3 Å². The number of fused-ring (bicyclic) bond motifs is 1. The summed E-state index contributed by atoms with van der Waals surface area (Å²) in [5.41, 5.74) is 5.15. The second-order valence-electron chi connectivity index (χ2n) is 8.51. The topological polar surface area (TPSA) is 78.9 Å². The Bertz CT molecular complexity index is 1180. The van der Waals surface area contributed by atoms with Crippen molar-refractivity contribution in [1.29, 1.82) is 0 Å². The van der Waals surface area contributed by atoms with Crippen LogP contribution in [0.5, 0.6) is 0 Å². The number of rotatable bonds is 5. The Morgan fingerprint density at radius 2 is 1.85 bits per heavy atom. The molecule has 2 aliphatic rings. The third-order valence-corrected chi connectivity index (χ3v) is 7.45. The number of hydrogen-bond donors (Lipinski definition) is 2. The van der Waals surface area contributed by atoms with Gasteiger partial charge in [-0.25, -0.2) is 4.79 Å². The van der Waals surface area contributed by atoms with Crippen LogP contribution in [0.25, 0.3) is 0 Å². The van der Waals surface area contributed by atoms with Crippen LogP contribution in [0.2, 0.25) is 0 Å². The van der Waals surface area contributed by atoms with Crippen molar-refractivity contribution in [3.8, 4) is 0 Å². The van der Waals surface area contributed by atoms with Crippen molar-refractivity contribution in [3.05, 3.63) is 81.7 Å². The molecule has 33 heavy (non-hydrogen) atoms. The smallest absolute Gasteiger partial charge is 0.339 e. The van der Waals surface area contributed by atoms with E-state index in [1.807, 2.05) is 35.7 Å². The number of carbonyl (C=O) groups is 2. The lowest BCUT2D eigenvalue weighted by molar-refractivity contribution is 0.0696. The van der Waals surface area contributed by atoms with Gasteiger partial charge in [0.15, 0.2) is 0 Å². The van der Waals surface area contributed by atoms with Gasteiger partial charge in [-0.3, -0.25) is 4.79 Å². The van der Waals surface area contributed by atoms with Crippen LogP contribution in [0.15, 0.2) is 53.9 Å². The van der Waals surface area contributed by atoms with E-state index in [0.29, 0.717) is 23.8 Å². The summed E-state index contributed by atoms with van der Waals surface area (Å²) in [5.74, 6) is -1.16. The summed E-state index contributed by atoms with van der Waals surface area (Å²) in [7, 11) is 0. The highest BCUT2D eigenvalue weighted by Gasteiger charge is 2.28. The summed E-state index contributed by atoms with van der Waals surface area (Å²) < 4.78 is 5.41. The second kappa shape index (κ2) is 9.37. The molecule has 6 nitrogen and oxygen atoms in total. The minimum atomic E-state index is -0.998. The molecule has 1 saturated heterocycles. The summed E-state index contributed by atoms with van der Waals surface area (Å²) in [6.07, 6.45) is 2.66. The Hall–Kier alpha value is -3.16. The number of benzene rings is 2. The molecule has 0 bridgehead atoms. The van der Waals surface area contributed by atoms with E-state index in [1.54, 1.807) is 6.07 Å². The van der Waals surface area contributed by atoms with Crippen molar-refractivity contribution in [2.24, 2.45) is 0 Å². The number of anilines is 2. The molecule has 2 heterocycles. The summed E-state index contributed by atoms with van der Waals surface area (Å²) in [5, 5.41) is 15.2. The fraction of sp³-hybridized carbons (Fsp3) is 0.308. The van der Waals surface area contributed by atoms with Gasteiger partial charge < -0.3 is 20.1 Å². The van der Waals surface area contributed by atoms with Gasteiger partial charge in [0.25, 0.3) is 5.91 Å². The average molecular weight is 463 g/mol. The molecule has 0 saturated carbocycles. The number of amides is 1. The first-order valence-corrected chi connectivity index (χ1v) is 12.1. The maximum Gasteiger partial charge on any atom is 0.339 e.